The number of benzene rings is 2. The number of methoxy groups -OCH3 is 1. The Balaban J connectivity index is 1.97. The molecule has 2 amide bonds. The SMILES string of the molecule is COc1ccccc1CNC(=O)NC(C)(C)c1ccc(F)cc1. The van der Waals surface area contributed by atoms with Crippen LogP contribution in [0, 0.1) is 5.82 Å². The van der Waals surface area contributed by atoms with Gasteiger partial charge >= 0.3 is 6.03 Å². The first-order valence-corrected chi connectivity index (χ1v) is 7.36. The maximum Gasteiger partial charge on any atom is 0.315 e. The van der Waals surface area contributed by atoms with Gasteiger partial charge in [0.1, 0.15) is 11.6 Å². The molecule has 5 heteroatoms. The zero-order valence-electron chi connectivity index (χ0n) is 13.5. The monoisotopic (exact) mass is 316 g/mol. The van der Waals surface area contributed by atoms with Crippen molar-refractivity contribution in [1.82, 2.24) is 10.6 Å². The van der Waals surface area contributed by atoms with E-state index >= 15 is 0 Å². The average molecular weight is 316 g/mol. The second-order valence-electron chi connectivity index (χ2n) is 5.75. The van der Waals surface area contributed by atoms with Gasteiger partial charge in [0.25, 0.3) is 0 Å². The van der Waals surface area contributed by atoms with E-state index in [1.165, 1.54) is 12.1 Å². The predicted octanol–water partition coefficient (Wildman–Crippen LogP) is 3.57. The van der Waals surface area contributed by atoms with Gasteiger partial charge in [-0.2, -0.15) is 0 Å². The zero-order chi connectivity index (χ0) is 16.9. The fraction of sp³-hybridized carbons (Fsp3) is 0.278. The Morgan fingerprint density at radius 1 is 1.13 bits per heavy atom. The topological polar surface area (TPSA) is 50.4 Å². The van der Waals surface area contributed by atoms with Gasteiger partial charge in [-0.25, -0.2) is 9.18 Å². The molecule has 2 N–H and O–H groups in total. The molecular weight excluding hydrogens is 295 g/mol. The lowest BCUT2D eigenvalue weighted by Crippen LogP contribution is -2.46. The molecule has 0 aliphatic rings. The Morgan fingerprint density at radius 3 is 2.43 bits per heavy atom. The van der Waals surface area contributed by atoms with Crippen LogP contribution in [-0.4, -0.2) is 13.1 Å². The van der Waals surface area contributed by atoms with Gasteiger partial charge in [0.15, 0.2) is 0 Å². The summed E-state index contributed by atoms with van der Waals surface area (Å²) in [4.78, 5) is 12.1. The molecule has 0 aliphatic heterocycles. The number of ether oxygens (including phenoxy) is 1. The van der Waals surface area contributed by atoms with Crippen molar-refractivity contribution < 1.29 is 13.9 Å². The quantitative estimate of drug-likeness (QED) is 0.886. The molecule has 0 radical (unpaired) electrons. The third-order valence-corrected chi connectivity index (χ3v) is 3.62. The van der Waals surface area contributed by atoms with Gasteiger partial charge in [0.2, 0.25) is 0 Å². The minimum atomic E-state index is -0.613. The molecule has 0 heterocycles. The molecule has 0 saturated carbocycles. The van der Waals surface area contributed by atoms with Crippen molar-refractivity contribution in [3.63, 3.8) is 0 Å². The number of hydrogen-bond donors (Lipinski definition) is 2. The Hall–Kier alpha value is -2.56. The lowest BCUT2D eigenvalue weighted by atomic mass is 9.94. The normalized spacial score (nSPS) is 11.0. The van der Waals surface area contributed by atoms with E-state index in [9.17, 15) is 9.18 Å². The van der Waals surface area contributed by atoms with Crippen molar-refractivity contribution in [2.24, 2.45) is 0 Å². The molecule has 122 valence electrons. The van der Waals surface area contributed by atoms with E-state index in [2.05, 4.69) is 10.6 Å². The van der Waals surface area contributed by atoms with Crippen LogP contribution in [-0.2, 0) is 12.1 Å². The molecule has 2 aromatic carbocycles. The van der Waals surface area contributed by atoms with E-state index in [4.69, 9.17) is 4.74 Å². The molecule has 4 nitrogen and oxygen atoms in total. The smallest absolute Gasteiger partial charge is 0.315 e. The fourth-order valence-electron chi connectivity index (χ4n) is 2.29. The average Bonchev–Trinajstić information content (AvgIpc) is 2.53. The van der Waals surface area contributed by atoms with Gasteiger partial charge < -0.3 is 15.4 Å². The number of para-hydroxylation sites is 1. The summed E-state index contributed by atoms with van der Waals surface area (Å²) < 4.78 is 18.3. The molecule has 0 unspecified atom stereocenters. The highest BCUT2D eigenvalue weighted by atomic mass is 19.1. The van der Waals surface area contributed by atoms with Crippen molar-refractivity contribution >= 4 is 6.03 Å². The first kappa shape index (κ1) is 16.8. The zero-order valence-corrected chi connectivity index (χ0v) is 13.5. The molecule has 23 heavy (non-hydrogen) atoms. The third-order valence-electron chi connectivity index (χ3n) is 3.62. The summed E-state index contributed by atoms with van der Waals surface area (Å²) >= 11 is 0. The van der Waals surface area contributed by atoms with Crippen LogP contribution in [0.3, 0.4) is 0 Å². The lowest BCUT2D eigenvalue weighted by molar-refractivity contribution is 0.229. The van der Waals surface area contributed by atoms with Gasteiger partial charge in [-0.1, -0.05) is 30.3 Å². The number of rotatable bonds is 5. The molecule has 0 aromatic heterocycles. The van der Waals surface area contributed by atoms with E-state index in [-0.39, 0.29) is 11.8 Å². The minimum Gasteiger partial charge on any atom is -0.496 e. The fourth-order valence-corrected chi connectivity index (χ4v) is 2.29. The number of carbonyl (C=O) groups excluding carboxylic acids is 1. The van der Waals surface area contributed by atoms with Crippen LogP contribution in [0.1, 0.15) is 25.0 Å². The van der Waals surface area contributed by atoms with Crippen LogP contribution in [0.15, 0.2) is 48.5 Å². The van der Waals surface area contributed by atoms with E-state index in [1.54, 1.807) is 19.2 Å². The van der Waals surface area contributed by atoms with Crippen LogP contribution in [0.2, 0.25) is 0 Å². The van der Waals surface area contributed by atoms with Crippen molar-refractivity contribution in [2.75, 3.05) is 7.11 Å². The summed E-state index contributed by atoms with van der Waals surface area (Å²) in [5.41, 5.74) is 1.11. The van der Waals surface area contributed by atoms with Crippen LogP contribution in [0.4, 0.5) is 9.18 Å². The molecule has 0 saturated heterocycles. The summed E-state index contributed by atoms with van der Waals surface area (Å²) in [5.74, 6) is 0.427. The molecule has 0 spiro atoms. The summed E-state index contributed by atoms with van der Waals surface area (Å²) in [5, 5.41) is 5.69. The first-order chi connectivity index (χ1) is 10.9. The standard InChI is InChI=1S/C18H21FN2O2/c1-18(2,14-8-10-15(19)11-9-14)21-17(22)20-12-13-6-4-5-7-16(13)23-3/h4-11H,12H2,1-3H3,(H2,20,21,22). The van der Waals surface area contributed by atoms with Crippen LogP contribution < -0.4 is 15.4 Å². The molecule has 0 bridgehead atoms. The van der Waals surface area contributed by atoms with Gasteiger partial charge in [-0.3, -0.25) is 0 Å². The van der Waals surface area contributed by atoms with Crippen LogP contribution in [0.25, 0.3) is 0 Å². The molecule has 0 aliphatic carbocycles. The maximum atomic E-state index is 13.0. The number of amides is 2. The summed E-state index contributed by atoms with van der Waals surface area (Å²) in [6, 6.07) is 13.3. The Labute approximate surface area is 135 Å². The van der Waals surface area contributed by atoms with E-state index in [0.29, 0.717) is 6.54 Å². The third kappa shape index (κ3) is 4.45. The predicted molar refractivity (Wildman–Crippen MR) is 87.8 cm³/mol. The molecule has 0 atom stereocenters. The molecule has 2 rings (SSSR count). The number of nitrogens with one attached hydrogen (secondary N) is 2. The maximum absolute atomic E-state index is 13.0. The van der Waals surface area contributed by atoms with Crippen molar-refractivity contribution in [2.45, 2.75) is 25.9 Å². The Kier molecular flexibility index (Phi) is 5.21. The summed E-state index contributed by atoms with van der Waals surface area (Å²) in [6.07, 6.45) is 0. The summed E-state index contributed by atoms with van der Waals surface area (Å²) in [6.45, 7) is 4.08. The number of halogens is 1. The van der Waals surface area contributed by atoms with Gasteiger partial charge in [-0.15, -0.1) is 0 Å². The molecule has 0 fully saturated rings. The second kappa shape index (κ2) is 7.13. The first-order valence-electron chi connectivity index (χ1n) is 7.36. The Bertz CT molecular complexity index is 669. The van der Waals surface area contributed by atoms with E-state index < -0.39 is 5.54 Å². The highest BCUT2D eigenvalue weighted by Crippen LogP contribution is 2.20. The number of urea groups is 1. The second-order valence-corrected chi connectivity index (χ2v) is 5.75. The van der Waals surface area contributed by atoms with E-state index in [0.717, 1.165) is 16.9 Å². The summed E-state index contributed by atoms with van der Waals surface area (Å²) in [7, 11) is 1.59. The van der Waals surface area contributed by atoms with Gasteiger partial charge in [-0.05, 0) is 37.6 Å². The van der Waals surface area contributed by atoms with Crippen molar-refractivity contribution in [3.8, 4) is 5.75 Å². The van der Waals surface area contributed by atoms with E-state index in [1.807, 2.05) is 38.1 Å². The Morgan fingerprint density at radius 2 is 1.78 bits per heavy atom. The van der Waals surface area contributed by atoms with Crippen molar-refractivity contribution in [1.29, 1.82) is 0 Å². The lowest BCUT2D eigenvalue weighted by Gasteiger charge is -2.27. The highest BCUT2D eigenvalue weighted by molar-refractivity contribution is 5.75. The van der Waals surface area contributed by atoms with Gasteiger partial charge in [0, 0.05) is 12.1 Å². The highest BCUT2D eigenvalue weighted by Gasteiger charge is 2.22. The van der Waals surface area contributed by atoms with Crippen molar-refractivity contribution in [3.05, 3.63) is 65.5 Å². The number of hydrogen-bond acceptors (Lipinski definition) is 2. The van der Waals surface area contributed by atoms with Crippen LogP contribution in [0.5, 0.6) is 5.75 Å². The minimum absolute atomic E-state index is 0.301. The number of carbonyl (C=O) groups is 1. The molecular formula is C18H21FN2O2. The van der Waals surface area contributed by atoms with Crippen LogP contribution >= 0.6 is 0 Å². The van der Waals surface area contributed by atoms with Gasteiger partial charge in [0.05, 0.1) is 12.6 Å². The molecule has 2 aromatic rings. The largest absolute Gasteiger partial charge is 0.496 e.